The minimum atomic E-state index is -3.46. The lowest BCUT2D eigenvalue weighted by molar-refractivity contribution is -0.127. The molecule has 1 amide bonds. The molecule has 1 aliphatic rings. The molecule has 0 aliphatic carbocycles. The van der Waals surface area contributed by atoms with E-state index in [9.17, 15) is 13.2 Å². The first kappa shape index (κ1) is 22.1. The average molecular weight is 457 g/mol. The molecule has 1 aromatic heterocycles. The summed E-state index contributed by atoms with van der Waals surface area (Å²) < 4.78 is 33.2. The monoisotopic (exact) mass is 456 g/mol. The summed E-state index contributed by atoms with van der Waals surface area (Å²) in [4.78, 5) is 13.1. The molecule has 0 bridgehead atoms. The van der Waals surface area contributed by atoms with Gasteiger partial charge < -0.3 is 10.1 Å². The van der Waals surface area contributed by atoms with Crippen LogP contribution in [0.5, 0.6) is 5.75 Å². The highest BCUT2D eigenvalue weighted by Gasteiger charge is 2.26. The predicted octanol–water partition coefficient (Wildman–Crippen LogP) is 4.05. The molecule has 1 saturated heterocycles. The van der Waals surface area contributed by atoms with Gasteiger partial charge in [0.2, 0.25) is 0 Å². The summed E-state index contributed by atoms with van der Waals surface area (Å²) in [6, 6.07) is 10.2. The number of halogens is 1. The number of hydrogen-bond acceptors (Lipinski definition) is 5. The first-order valence-electron chi connectivity index (χ1n) is 9.65. The van der Waals surface area contributed by atoms with Gasteiger partial charge in [-0.2, -0.15) is 4.31 Å². The van der Waals surface area contributed by atoms with Gasteiger partial charge in [-0.1, -0.05) is 30.5 Å². The maximum absolute atomic E-state index is 12.8. The lowest BCUT2D eigenvalue weighted by Gasteiger charge is -2.18. The number of amides is 1. The quantitative estimate of drug-likeness (QED) is 0.681. The van der Waals surface area contributed by atoms with E-state index in [1.807, 2.05) is 0 Å². The topological polar surface area (TPSA) is 75.7 Å². The summed E-state index contributed by atoms with van der Waals surface area (Å²) in [7, 11) is -3.46. The van der Waals surface area contributed by atoms with E-state index < -0.39 is 16.1 Å². The molecule has 0 saturated carbocycles. The zero-order valence-electron chi connectivity index (χ0n) is 16.3. The van der Waals surface area contributed by atoms with Gasteiger partial charge in [-0.25, -0.2) is 8.42 Å². The van der Waals surface area contributed by atoms with Crippen molar-refractivity contribution in [3.63, 3.8) is 0 Å². The van der Waals surface area contributed by atoms with Crippen molar-refractivity contribution >= 4 is 38.9 Å². The highest BCUT2D eigenvalue weighted by Crippen LogP contribution is 2.27. The second-order valence-electron chi connectivity index (χ2n) is 6.97. The number of thiophene rings is 1. The van der Waals surface area contributed by atoms with Crippen molar-refractivity contribution in [2.75, 3.05) is 13.1 Å². The maximum Gasteiger partial charge on any atom is 0.261 e. The Hall–Kier alpha value is -1.61. The Labute approximate surface area is 180 Å². The summed E-state index contributed by atoms with van der Waals surface area (Å²) in [5.74, 6) is 0.234. The van der Waals surface area contributed by atoms with Crippen LogP contribution < -0.4 is 10.1 Å². The molecule has 6 nitrogen and oxygen atoms in total. The highest BCUT2D eigenvalue weighted by molar-refractivity contribution is 7.91. The van der Waals surface area contributed by atoms with Crippen LogP contribution in [0.3, 0.4) is 0 Å². The Balaban J connectivity index is 1.56. The molecular weight excluding hydrogens is 432 g/mol. The van der Waals surface area contributed by atoms with Gasteiger partial charge in [-0.05, 0) is 50.1 Å². The molecule has 1 fully saturated rings. The van der Waals surface area contributed by atoms with Crippen LogP contribution in [-0.2, 0) is 21.4 Å². The molecule has 0 radical (unpaired) electrons. The van der Waals surface area contributed by atoms with E-state index in [2.05, 4.69) is 5.32 Å². The van der Waals surface area contributed by atoms with Gasteiger partial charge in [-0.3, -0.25) is 4.79 Å². The molecule has 29 heavy (non-hydrogen) atoms. The summed E-state index contributed by atoms with van der Waals surface area (Å²) in [5, 5.41) is 3.33. The standard InChI is InChI=1S/C20H25ClN2O4S2/c1-15(27-17-8-6-7-16(21)13-17)20(24)22-14-18-9-10-19(28-18)29(25,26)23-11-4-2-3-5-12-23/h6-10,13,15H,2-5,11-12,14H2,1H3,(H,22,24)/t15-/m1/s1. The fourth-order valence-corrected chi connectivity index (χ4v) is 6.26. The third-order valence-electron chi connectivity index (χ3n) is 4.71. The van der Waals surface area contributed by atoms with Gasteiger partial charge in [0.05, 0.1) is 6.54 Å². The number of nitrogens with zero attached hydrogens (tertiary/aromatic N) is 1. The van der Waals surface area contributed by atoms with Gasteiger partial charge in [0.25, 0.3) is 15.9 Å². The van der Waals surface area contributed by atoms with Crippen molar-refractivity contribution in [3.8, 4) is 5.75 Å². The van der Waals surface area contributed by atoms with Crippen molar-refractivity contribution in [3.05, 3.63) is 46.3 Å². The maximum atomic E-state index is 12.8. The van der Waals surface area contributed by atoms with Gasteiger partial charge in [0.15, 0.2) is 6.10 Å². The Morgan fingerprint density at radius 3 is 2.62 bits per heavy atom. The number of benzene rings is 1. The number of nitrogens with one attached hydrogen (secondary N) is 1. The first-order valence-corrected chi connectivity index (χ1v) is 12.3. The Morgan fingerprint density at radius 1 is 1.21 bits per heavy atom. The van der Waals surface area contributed by atoms with E-state index in [4.69, 9.17) is 16.3 Å². The molecule has 9 heteroatoms. The van der Waals surface area contributed by atoms with Gasteiger partial charge in [0.1, 0.15) is 9.96 Å². The number of carbonyl (C=O) groups excluding carboxylic acids is 1. The van der Waals surface area contributed by atoms with Crippen molar-refractivity contribution in [1.29, 1.82) is 0 Å². The third-order valence-corrected chi connectivity index (χ3v) is 8.40. The summed E-state index contributed by atoms with van der Waals surface area (Å²) in [6.07, 6.45) is 3.25. The van der Waals surface area contributed by atoms with Crippen LogP contribution in [0.2, 0.25) is 5.02 Å². The SMILES string of the molecule is C[C@@H](Oc1cccc(Cl)c1)C(=O)NCc1ccc(S(=O)(=O)N2CCCCCC2)s1. The van der Waals surface area contributed by atoms with Gasteiger partial charge in [0, 0.05) is 23.0 Å². The molecule has 1 N–H and O–H groups in total. The molecular formula is C20H25ClN2O4S2. The van der Waals surface area contributed by atoms with E-state index in [0.717, 1.165) is 30.6 Å². The average Bonchev–Trinajstić information content (AvgIpc) is 2.99. The summed E-state index contributed by atoms with van der Waals surface area (Å²) >= 11 is 7.12. The largest absolute Gasteiger partial charge is 0.481 e. The third kappa shape index (κ3) is 5.94. The molecule has 158 valence electrons. The Bertz CT molecular complexity index is 937. The van der Waals surface area contributed by atoms with Crippen LogP contribution in [0.1, 0.15) is 37.5 Å². The molecule has 3 rings (SSSR count). The lowest BCUT2D eigenvalue weighted by atomic mass is 10.2. The summed E-state index contributed by atoms with van der Waals surface area (Å²) in [5.41, 5.74) is 0. The zero-order valence-corrected chi connectivity index (χ0v) is 18.7. The molecule has 0 spiro atoms. The van der Waals surface area contributed by atoms with Gasteiger partial charge >= 0.3 is 0 Å². The number of carbonyl (C=O) groups is 1. The second kappa shape index (κ2) is 9.93. The van der Waals surface area contributed by atoms with Crippen molar-refractivity contribution in [1.82, 2.24) is 9.62 Å². The normalized spacial score (nSPS) is 16.8. The van der Waals surface area contributed by atoms with Crippen LogP contribution in [-0.4, -0.2) is 37.8 Å². The van der Waals surface area contributed by atoms with Crippen LogP contribution in [0, 0.1) is 0 Å². The Morgan fingerprint density at radius 2 is 1.93 bits per heavy atom. The first-order chi connectivity index (χ1) is 13.9. The van der Waals surface area contributed by atoms with E-state index in [1.165, 1.54) is 11.3 Å². The molecule has 2 aromatic rings. The Kier molecular flexibility index (Phi) is 7.56. The fraction of sp³-hybridized carbons (Fsp3) is 0.450. The molecule has 2 heterocycles. The smallest absolute Gasteiger partial charge is 0.261 e. The number of ether oxygens (including phenoxy) is 1. The van der Waals surface area contributed by atoms with E-state index >= 15 is 0 Å². The fourth-order valence-electron chi connectivity index (χ4n) is 3.12. The van der Waals surface area contributed by atoms with Crippen LogP contribution in [0.25, 0.3) is 0 Å². The van der Waals surface area contributed by atoms with Crippen molar-refractivity contribution in [2.45, 2.75) is 49.5 Å². The molecule has 1 aromatic carbocycles. The second-order valence-corrected chi connectivity index (χ2v) is 10.7. The molecule has 0 unspecified atom stereocenters. The number of hydrogen-bond donors (Lipinski definition) is 1. The van der Waals surface area contributed by atoms with Crippen LogP contribution in [0.15, 0.2) is 40.6 Å². The van der Waals surface area contributed by atoms with Gasteiger partial charge in [-0.15, -0.1) is 11.3 Å². The van der Waals surface area contributed by atoms with E-state index in [0.29, 0.717) is 28.1 Å². The van der Waals surface area contributed by atoms with E-state index in [1.54, 1.807) is 47.6 Å². The van der Waals surface area contributed by atoms with E-state index in [-0.39, 0.29) is 12.5 Å². The number of rotatable bonds is 7. The van der Waals surface area contributed by atoms with Crippen molar-refractivity contribution < 1.29 is 17.9 Å². The molecule has 1 aliphatic heterocycles. The minimum absolute atomic E-state index is 0.252. The minimum Gasteiger partial charge on any atom is -0.481 e. The number of sulfonamides is 1. The molecule has 1 atom stereocenters. The zero-order chi connectivity index (χ0) is 20.9. The summed E-state index contributed by atoms with van der Waals surface area (Å²) in [6.45, 7) is 3.05. The lowest BCUT2D eigenvalue weighted by Crippen LogP contribution is -2.35. The highest BCUT2D eigenvalue weighted by atomic mass is 35.5. The van der Waals surface area contributed by atoms with Crippen molar-refractivity contribution in [2.24, 2.45) is 0 Å². The predicted molar refractivity (Wildman–Crippen MR) is 115 cm³/mol. The van der Waals surface area contributed by atoms with Crippen LogP contribution >= 0.6 is 22.9 Å². The van der Waals surface area contributed by atoms with Crippen LogP contribution in [0.4, 0.5) is 0 Å².